The minimum Gasteiger partial charge on any atom is -0.354 e. The number of carbonyl (C=O) groups excluding carboxylic acids is 1. The number of hydrogen-bond donors (Lipinski definition) is 1. The lowest BCUT2D eigenvalue weighted by molar-refractivity contribution is -0.121. The second-order valence-electron chi connectivity index (χ2n) is 5.14. The predicted molar refractivity (Wildman–Crippen MR) is 87.0 cm³/mol. The molecule has 1 aromatic carbocycles. The summed E-state index contributed by atoms with van der Waals surface area (Å²) >= 11 is 0. The number of benzene rings is 1. The molecule has 0 saturated heterocycles. The molecular weight excluding hydrogens is 292 g/mol. The van der Waals surface area contributed by atoms with E-state index in [9.17, 15) is 9.59 Å². The summed E-state index contributed by atoms with van der Waals surface area (Å²) in [6.07, 6.45) is 3.69. The maximum atomic E-state index is 12.3. The van der Waals surface area contributed by atoms with E-state index in [0.29, 0.717) is 17.6 Å². The number of rotatable bonds is 5. The van der Waals surface area contributed by atoms with Gasteiger partial charge in [0.1, 0.15) is 12.9 Å². The van der Waals surface area contributed by atoms with Crippen LogP contribution in [0.3, 0.4) is 0 Å². The molecule has 0 unspecified atom stereocenters. The summed E-state index contributed by atoms with van der Waals surface area (Å²) in [5.41, 5.74) is 1.28. The smallest absolute Gasteiger partial charge is 0.263 e. The molecule has 0 saturated carbocycles. The topological polar surface area (TPSA) is 76.9 Å². The fraction of sp³-hybridized carbons (Fsp3) is 0.176. The predicted octanol–water partition coefficient (Wildman–Crippen LogP) is 1.15. The van der Waals surface area contributed by atoms with Gasteiger partial charge in [0.2, 0.25) is 5.91 Å². The van der Waals surface area contributed by atoms with Crippen molar-refractivity contribution in [2.45, 2.75) is 13.0 Å². The molecular formula is C17H16N4O2. The van der Waals surface area contributed by atoms with E-state index in [1.165, 1.54) is 10.9 Å². The van der Waals surface area contributed by atoms with Gasteiger partial charge in [-0.25, -0.2) is 9.97 Å². The molecule has 0 atom stereocenters. The number of carbonyl (C=O) groups is 1. The van der Waals surface area contributed by atoms with Gasteiger partial charge in [0.05, 0.1) is 5.39 Å². The number of amides is 1. The van der Waals surface area contributed by atoms with E-state index in [0.717, 1.165) is 12.0 Å². The van der Waals surface area contributed by atoms with Crippen LogP contribution in [0.5, 0.6) is 0 Å². The van der Waals surface area contributed by atoms with Crippen molar-refractivity contribution in [3.05, 3.63) is 70.9 Å². The van der Waals surface area contributed by atoms with Crippen molar-refractivity contribution < 1.29 is 4.79 Å². The maximum Gasteiger partial charge on any atom is 0.263 e. The molecule has 1 N–H and O–H groups in total. The summed E-state index contributed by atoms with van der Waals surface area (Å²) in [6.45, 7) is 0.478. The van der Waals surface area contributed by atoms with Gasteiger partial charge in [0.15, 0.2) is 5.65 Å². The van der Waals surface area contributed by atoms with Gasteiger partial charge in [-0.15, -0.1) is 0 Å². The number of fused-ring (bicyclic) bond motifs is 1. The molecule has 23 heavy (non-hydrogen) atoms. The largest absolute Gasteiger partial charge is 0.354 e. The molecule has 2 aromatic heterocycles. The first-order valence-electron chi connectivity index (χ1n) is 7.35. The fourth-order valence-electron chi connectivity index (χ4n) is 2.31. The molecule has 0 aliphatic rings. The Morgan fingerprint density at radius 2 is 1.91 bits per heavy atom. The van der Waals surface area contributed by atoms with Crippen molar-refractivity contribution in [3.63, 3.8) is 0 Å². The minimum absolute atomic E-state index is 0.0501. The molecule has 0 aliphatic heterocycles. The highest BCUT2D eigenvalue weighted by Gasteiger charge is 2.08. The van der Waals surface area contributed by atoms with Crippen molar-refractivity contribution in [2.24, 2.45) is 0 Å². The van der Waals surface area contributed by atoms with E-state index in [-0.39, 0.29) is 18.0 Å². The van der Waals surface area contributed by atoms with Crippen LogP contribution in [-0.2, 0) is 17.8 Å². The maximum absolute atomic E-state index is 12.3. The Balaban J connectivity index is 1.62. The minimum atomic E-state index is -0.263. The summed E-state index contributed by atoms with van der Waals surface area (Å²) in [7, 11) is 0. The Morgan fingerprint density at radius 1 is 1.09 bits per heavy atom. The normalized spacial score (nSPS) is 10.6. The molecule has 6 heteroatoms. The van der Waals surface area contributed by atoms with Crippen LogP contribution in [0.1, 0.15) is 5.56 Å². The van der Waals surface area contributed by atoms with Gasteiger partial charge in [-0.2, -0.15) is 0 Å². The van der Waals surface area contributed by atoms with Crippen LogP contribution in [0, 0.1) is 0 Å². The van der Waals surface area contributed by atoms with Crippen molar-refractivity contribution in [1.82, 2.24) is 19.9 Å². The third-order valence-corrected chi connectivity index (χ3v) is 3.49. The van der Waals surface area contributed by atoms with Crippen LogP contribution in [0.2, 0.25) is 0 Å². The number of pyridine rings is 1. The Hall–Kier alpha value is -3.02. The number of hydrogen-bond acceptors (Lipinski definition) is 4. The summed E-state index contributed by atoms with van der Waals surface area (Å²) in [4.78, 5) is 32.4. The first-order chi connectivity index (χ1) is 11.2. The van der Waals surface area contributed by atoms with E-state index >= 15 is 0 Å². The molecule has 116 valence electrons. The van der Waals surface area contributed by atoms with Crippen molar-refractivity contribution in [2.75, 3.05) is 6.54 Å². The molecule has 0 spiro atoms. The highest BCUT2D eigenvalue weighted by molar-refractivity contribution is 5.77. The quantitative estimate of drug-likeness (QED) is 0.767. The lowest BCUT2D eigenvalue weighted by Gasteiger charge is -2.07. The average molecular weight is 308 g/mol. The van der Waals surface area contributed by atoms with Gasteiger partial charge in [-0.1, -0.05) is 30.3 Å². The Labute approximate surface area is 132 Å². The lowest BCUT2D eigenvalue weighted by atomic mass is 10.1. The Bertz CT molecular complexity index is 874. The number of nitrogens with one attached hydrogen (secondary N) is 1. The van der Waals surface area contributed by atoms with Gasteiger partial charge in [0.25, 0.3) is 5.56 Å². The molecule has 0 fully saturated rings. The Morgan fingerprint density at radius 3 is 2.74 bits per heavy atom. The zero-order chi connectivity index (χ0) is 16.1. The molecule has 0 aliphatic carbocycles. The summed E-state index contributed by atoms with van der Waals surface area (Å²) in [5, 5.41) is 3.22. The van der Waals surface area contributed by atoms with E-state index in [2.05, 4.69) is 15.3 Å². The average Bonchev–Trinajstić information content (AvgIpc) is 2.59. The van der Waals surface area contributed by atoms with Crippen molar-refractivity contribution in [3.8, 4) is 0 Å². The SMILES string of the molecule is O=C(Cn1cnc2ncccc2c1=O)NCCc1ccccc1. The van der Waals surface area contributed by atoms with Crippen molar-refractivity contribution in [1.29, 1.82) is 0 Å². The molecule has 0 bridgehead atoms. The van der Waals surface area contributed by atoms with Crippen LogP contribution < -0.4 is 10.9 Å². The zero-order valence-electron chi connectivity index (χ0n) is 12.5. The van der Waals surface area contributed by atoms with Gasteiger partial charge < -0.3 is 5.32 Å². The van der Waals surface area contributed by atoms with E-state index in [1.807, 2.05) is 30.3 Å². The standard InChI is InChI=1S/C17H16N4O2/c22-15(18-10-8-13-5-2-1-3-6-13)11-21-12-20-16-14(17(21)23)7-4-9-19-16/h1-7,9,12H,8,10-11H2,(H,18,22). The third-order valence-electron chi connectivity index (χ3n) is 3.49. The monoisotopic (exact) mass is 308 g/mol. The van der Waals surface area contributed by atoms with Crippen LogP contribution in [0.15, 0.2) is 59.8 Å². The lowest BCUT2D eigenvalue weighted by Crippen LogP contribution is -2.33. The van der Waals surface area contributed by atoms with Crippen molar-refractivity contribution >= 4 is 16.9 Å². The van der Waals surface area contributed by atoms with E-state index in [1.54, 1.807) is 18.3 Å². The van der Waals surface area contributed by atoms with Crippen LogP contribution in [0.4, 0.5) is 0 Å². The van der Waals surface area contributed by atoms with Gasteiger partial charge >= 0.3 is 0 Å². The molecule has 0 radical (unpaired) electrons. The van der Waals surface area contributed by atoms with E-state index < -0.39 is 0 Å². The molecule has 6 nitrogen and oxygen atoms in total. The molecule has 1 amide bonds. The first kappa shape index (κ1) is 14.9. The van der Waals surface area contributed by atoms with Gasteiger partial charge in [-0.05, 0) is 24.1 Å². The Kier molecular flexibility index (Phi) is 4.42. The van der Waals surface area contributed by atoms with Gasteiger partial charge in [-0.3, -0.25) is 14.2 Å². The molecule has 3 rings (SSSR count). The van der Waals surface area contributed by atoms with E-state index in [4.69, 9.17) is 0 Å². The zero-order valence-corrected chi connectivity index (χ0v) is 12.5. The van der Waals surface area contributed by atoms with Crippen LogP contribution in [0.25, 0.3) is 11.0 Å². The molecule has 2 heterocycles. The van der Waals surface area contributed by atoms with Crippen LogP contribution in [-0.4, -0.2) is 27.0 Å². The highest BCUT2D eigenvalue weighted by Crippen LogP contribution is 2.01. The molecule has 3 aromatic rings. The number of aromatic nitrogens is 3. The second-order valence-corrected chi connectivity index (χ2v) is 5.14. The first-order valence-corrected chi connectivity index (χ1v) is 7.35. The highest BCUT2D eigenvalue weighted by atomic mass is 16.2. The second kappa shape index (κ2) is 6.83. The van der Waals surface area contributed by atoms with Crippen LogP contribution >= 0.6 is 0 Å². The van der Waals surface area contributed by atoms with Gasteiger partial charge in [0, 0.05) is 12.7 Å². The number of nitrogens with zero attached hydrogens (tertiary/aromatic N) is 3. The fourth-order valence-corrected chi connectivity index (χ4v) is 2.31. The summed E-state index contributed by atoms with van der Waals surface area (Å²) in [6, 6.07) is 13.2. The third kappa shape index (κ3) is 3.60. The summed E-state index contributed by atoms with van der Waals surface area (Å²) in [5.74, 6) is -0.215. The summed E-state index contributed by atoms with van der Waals surface area (Å²) < 4.78 is 1.29.